The van der Waals surface area contributed by atoms with Gasteiger partial charge in [-0.25, -0.2) is 4.79 Å². The number of nitrogens with one attached hydrogen (secondary N) is 1. The molecule has 1 aromatic rings. The molecule has 0 bridgehead atoms. The third-order valence-electron chi connectivity index (χ3n) is 4.58. The molecule has 6 nitrogen and oxygen atoms in total. The highest BCUT2D eigenvalue weighted by molar-refractivity contribution is 7.17. The van der Waals surface area contributed by atoms with Gasteiger partial charge in [-0.15, -0.1) is 11.3 Å². The van der Waals surface area contributed by atoms with Gasteiger partial charge in [0.15, 0.2) is 0 Å². The molecule has 0 fully saturated rings. The zero-order valence-corrected chi connectivity index (χ0v) is 16.3. The van der Waals surface area contributed by atoms with Crippen molar-refractivity contribution in [3.05, 3.63) is 28.2 Å². The van der Waals surface area contributed by atoms with Crippen molar-refractivity contribution >= 4 is 34.2 Å². The van der Waals surface area contributed by atoms with Gasteiger partial charge < -0.3 is 20.0 Å². The summed E-state index contributed by atoms with van der Waals surface area (Å²) in [5, 5.41) is 13.5. The summed E-state index contributed by atoms with van der Waals surface area (Å²) in [6.45, 7) is 8.58. The van der Waals surface area contributed by atoms with Gasteiger partial charge in [0.2, 0.25) is 5.91 Å². The molecule has 0 saturated heterocycles. The summed E-state index contributed by atoms with van der Waals surface area (Å²) >= 11 is 1.37. The normalized spacial score (nSPS) is 17.0. The molecule has 7 heteroatoms. The Balaban J connectivity index is 2.35. The number of carbonyl (C=O) groups is 3. The minimum Gasteiger partial charge on any atom is -0.545 e. The molecule has 0 aliphatic heterocycles. The number of ether oxygens (including phenoxy) is 1. The number of thiophene rings is 1. The van der Waals surface area contributed by atoms with E-state index in [1.54, 1.807) is 6.92 Å². The Hall–Kier alpha value is -2.15. The predicted octanol–water partition coefficient (Wildman–Crippen LogP) is 2.32. The smallest absolute Gasteiger partial charge is 0.341 e. The lowest BCUT2D eigenvalue weighted by Gasteiger charge is -2.33. The van der Waals surface area contributed by atoms with E-state index < -0.39 is 17.8 Å². The molecular formula is C19H24NO5S-. The quantitative estimate of drug-likeness (QED) is 0.627. The summed E-state index contributed by atoms with van der Waals surface area (Å²) in [5.41, 5.74) is 1.49. The maximum Gasteiger partial charge on any atom is 0.341 e. The van der Waals surface area contributed by atoms with Gasteiger partial charge in [-0.3, -0.25) is 4.79 Å². The second kappa shape index (κ2) is 8.03. The molecule has 0 aromatic carbocycles. The van der Waals surface area contributed by atoms with Crippen molar-refractivity contribution in [2.75, 3.05) is 11.9 Å². The third-order valence-corrected chi connectivity index (χ3v) is 5.75. The molecule has 1 amide bonds. The standard InChI is InChI=1S/C19H25NO5S/c1-5-25-18(24)16-12-7-6-11(19(2,3)4)10-13(12)26-17(16)20-14(21)8-9-15(22)23/h8-9,11H,5-7,10H2,1-4H3,(H,20,21)(H,22,23)/p-1/t11-/m1/s1. The lowest BCUT2D eigenvalue weighted by atomic mass is 9.72. The van der Waals surface area contributed by atoms with Crippen LogP contribution in [0.2, 0.25) is 0 Å². The van der Waals surface area contributed by atoms with Gasteiger partial charge in [0.1, 0.15) is 5.00 Å². The first kappa shape index (κ1) is 20.2. The van der Waals surface area contributed by atoms with Crippen molar-refractivity contribution in [1.82, 2.24) is 0 Å². The molecule has 1 atom stereocenters. The SMILES string of the molecule is CCOC(=O)c1c(NC(=O)C=CC(=O)[O-])sc2c1CC[C@@H](C(C)(C)C)C2. The van der Waals surface area contributed by atoms with Gasteiger partial charge in [0.25, 0.3) is 0 Å². The van der Waals surface area contributed by atoms with E-state index >= 15 is 0 Å². The number of aliphatic carboxylic acids is 1. The Morgan fingerprint density at radius 3 is 2.58 bits per heavy atom. The number of hydrogen-bond acceptors (Lipinski definition) is 6. The lowest BCUT2D eigenvalue weighted by molar-refractivity contribution is -0.297. The van der Waals surface area contributed by atoms with Crippen molar-refractivity contribution in [1.29, 1.82) is 0 Å². The minimum absolute atomic E-state index is 0.159. The topological polar surface area (TPSA) is 95.5 Å². The molecule has 1 heterocycles. The third kappa shape index (κ3) is 4.72. The molecule has 0 spiro atoms. The van der Waals surface area contributed by atoms with E-state index in [1.165, 1.54) is 11.3 Å². The summed E-state index contributed by atoms with van der Waals surface area (Å²) in [5.74, 6) is -2.04. The number of fused-ring (bicyclic) bond motifs is 1. The molecule has 1 aliphatic carbocycles. The molecular weight excluding hydrogens is 354 g/mol. The van der Waals surface area contributed by atoms with E-state index in [4.69, 9.17) is 4.74 Å². The second-order valence-corrected chi connectivity index (χ2v) is 8.48. The molecule has 1 aliphatic rings. The van der Waals surface area contributed by atoms with E-state index in [2.05, 4.69) is 26.1 Å². The van der Waals surface area contributed by atoms with Crippen molar-refractivity contribution in [2.24, 2.45) is 11.3 Å². The van der Waals surface area contributed by atoms with Gasteiger partial charge in [-0.1, -0.05) is 20.8 Å². The molecule has 1 N–H and O–H groups in total. The Bertz CT molecular complexity index is 742. The van der Waals surface area contributed by atoms with Crippen molar-refractivity contribution in [3.8, 4) is 0 Å². The predicted molar refractivity (Wildman–Crippen MR) is 98.0 cm³/mol. The number of rotatable bonds is 5. The van der Waals surface area contributed by atoms with Crippen molar-refractivity contribution < 1.29 is 24.2 Å². The first-order valence-electron chi connectivity index (χ1n) is 8.65. The Labute approximate surface area is 157 Å². The maximum atomic E-state index is 12.4. The average Bonchev–Trinajstić information content (AvgIpc) is 2.89. The molecule has 2 rings (SSSR count). The van der Waals surface area contributed by atoms with Gasteiger partial charge in [-0.2, -0.15) is 0 Å². The number of anilines is 1. The van der Waals surface area contributed by atoms with Crippen LogP contribution >= 0.6 is 11.3 Å². The van der Waals surface area contributed by atoms with Crippen LogP contribution in [0.4, 0.5) is 5.00 Å². The Kier molecular flexibility index (Phi) is 6.23. The Morgan fingerprint density at radius 1 is 1.31 bits per heavy atom. The van der Waals surface area contributed by atoms with Gasteiger partial charge in [0.05, 0.1) is 18.1 Å². The summed E-state index contributed by atoms with van der Waals surface area (Å²) in [4.78, 5) is 35.9. The zero-order valence-electron chi connectivity index (χ0n) is 15.5. The highest BCUT2D eigenvalue weighted by atomic mass is 32.1. The number of esters is 1. The van der Waals surface area contributed by atoms with Crippen LogP contribution in [0, 0.1) is 11.3 Å². The van der Waals surface area contributed by atoms with Gasteiger partial charge in [-0.05, 0) is 49.2 Å². The van der Waals surface area contributed by atoms with E-state index in [0.29, 0.717) is 22.6 Å². The fraction of sp³-hybridized carbons (Fsp3) is 0.526. The number of carbonyl (C=O) groups excluding carboxylic acids is 3. The van der Waals surface area contributed by atoms with Gasteiger partial charge in [0, 0.05) is 11.0 Å². The monoisotopic (exact) mass is 378 g/mol. The van der Waals surface area contributed by atoms with Crippen molar-refractivity contribution in [2.45, 2.75) is 47.0 Å². The zero-order chi connectivity index (χ0) is 19.5. The van der Waals surface area contributed by atoms with E-state index in [-0.39, 0.29) is 12.0 Å². The fourth-order valence-corrected chi connectivity index (χ4v) is 4.45. The minimum atomic E-state index is -1.45. The number of amides is 1. The molecule has 142 valence electrons. The fourth-order valence-electron chi connectivity index (χ4n) is 3.13. The van der Waals surface area contributed by atoms with E-state index in [9.17, 15) is 19.5 Å². The first-order valence-corrected chi connectivity index (χ1v) is 9.46. The molecule has 26 heavy (non-hydrogen) atoms. The summed E-state index contributed by atoms with van der Waals surface area (Å²) in [7, 11) is 0. The van der Waals surface area contributed by atoms with E-state index in [0.717, 1.165) is 35.8 Å². The van der Waals surface area contributed by atoms with Crippen LogP contribution in [0.3, 0.4) is 0 Å². The largest absolute Gasteiger partial charge is 0.545 e. The average molecular weight is 378 g/mol. The number of hydrogen-bond donors (Lipinski definition) is 1. The molecule has 0 unspecified atom stereocenters. The van der Waals surface area contributed by atoms with Crippen LogP contribution in [0.1, 0.15) is 54.9 Å². The number of carboxylic acids is 1. The van der Waals surface area contributed by atoms with Crippen LogP contribution in [0.25, 0.3) is 0 Å². The Morgan fingerprint density at radius 2 is 2.00 bits per heavy atom. The number of carboxylic acid groups (broad SMARTS) is 1. The van der Waals surface area contributed by atoms with Crippen LogP contribution in [0.15, 0.2) is 12.2 Å². The maximum absolute atomic E-state index is 12.4. The molecule has 0 radical (unpaired) electrons. The summed E-state index contributed by atoms with van der Waals surface area (Å²) in [6.07, 6.45) is 4.11. The van der Waals surface area contributed by atoms with Crippen LogP contribution in [-0.2, 0) is 27.2 Å². The van der Waals surface area contributed by atoms with Crippen molar-refractivity contribution in [3.63, 3.8) is 0 Å². The molecule has 0 saturated carbocycles. The summed E-state index contributed by atoms with van der Waals surface area (Å²) in [6, 6.07) is 0. The van der Waals surface area contributed by atoms with Crippen LogP contribution in [0.5, 0.6) is 0 Å². The van der Waals surface area contributed by atoms with Crippen LogP contribution < -0.4 is 10.4 Å². The summed E-state index contributed by atoms with van der Waals surface area (Å²) < 4.78 is 5.16. The van der Waals surface area contributed by atoms with Gasteiger partial charge >= 0.3 is 5.97 Å². The highest BCUT2D eigenvalue weighted by Gasteiger charge is 2.34. The highest BCUT2D eigenvalue weighted by Crippen LogP contribution is 2.44. The first-order chi connectivity index (χ1) is 12.1. The van der Waals surface area contributed by atoms with Crippen LogP contribution in [-0.4, -0.2) is 24.5 Å². The van der Waals surface area contributed by atoms with E-state index in [1.807, 2.05) is 0 Å². The molecule has 1 aromatic heterocycles. The lowest BCUT2D eigenvalue weighted by Crippen LogP contribution is -2.26. The second-order valence-electron chi connectivity index (χ2n) is 7.38.